The summed E-state index contributed by atoms with van der Waals surface area (Å²) in [4.78, 5) is 39.8. The second kappa shape index (κ2) is 11.7. The number of carbonyl (C=O) groups excluding carboxylic acids is 3. The van der Waals surface area contributed by atoms with Crippen LogP contribution in [0.4, 0.5) is 0 Å². The lowest BCUT2D eigenvalue weighted by atomic mass is 10.1. The summed E-state index contributed by atoms with van der Waals surface area (Å²) in [5, 5.41) is 2.81. The summed E-state index contributed by atoms with van der Waals surface area (Å²) in [7, 11) is 1.90. The van der Waals surface area contributed by atoms with E-state index in [-0.39, 0.29) is 30.3 Å². The molecule has 1 N–H and O–H groups in total. The highest BCUT2D eigenvalue weighted by Gasteiger charge is 2.31. The number of hydrogen-bond acceptors (Lipinski definition) is 5. The second-order valence-electron chi connectivity index (χ2n) is 6.60. The second-order valence-corrected chi connectivity index (χ2v) is 6.60. The van der Waals surface area contributed by atoms with Crippen LogP contribution in [-0.4, -0.2) is 73.0 Å². The third-order valence-corrected chi connectivity index (χ3v) is 4.57. The zero-order valence-electron chi connectivity index (χ0n) is 16.5. The number of piperazine rings is 1. The van der Waals surface area contributed by atoms with Crippen LogP contribution in [0.2, 0.25) is 0 Å². The lowest BCUT2D eigenvalue weighted by Crippen LogP contribution is -2.57. The normalized spacial score (nSPS) is 17.0. The minimum atomic E-state index is -0.440. The van der Waals surface area contributed by atoms with Gasteiger partial charge in [-0.05, 0) is 26.3 Å². The third kappa shape index (κ3) is 7.15. The van der Waals surface area contributed by atoms with E-state index in [1.807, 2.05) is 32.7 Å². The molecule has 1 aliphatic rings. The van der Waals surface area contributed by atoms with E-state index < -0.39 is 6.04 Å². The summed E-state index contributed by atoms with van der Waals surface area (Å²) in [6.07, 6.45) is 5.81. The molecule has 0 saturated carbocycles. The zero-order valence-corrected chi connectivity index (χ0v) is 16.5. The highest BCUT2D eigenvalue weighted by Crippen LogP contribution is 2.10. The molecule has 26 heavy (non-hydrogen) atoms. The van der Waals surface area contributed by atoms with Gasteiger partial charge in [-0.25, -0.2) is 0 Å². The van der Waals surface area contributed by atoms with Gasteiger partial charge in [-0.2, -0.15) is 0 Å². The van der Waals surface area contributed by atoms with Crippen molar-refractivity contribution < 1.29 is 19.1 Å². The van der Waals surface area contributed by atoms with Crippen LogP contribution < -0.4 is 5.32 Å². The Morgan fingerprint density at radius 3 is 2.42 bits per heavy atom. The Labute approximate surface area is 156 Å². The lowest BCUT2D eigenvalue weighted by molar-refractivity contribution is -0.148. The third-order valence-electron chi connectivity index (χ3n) is 4.57. The minimum Gasteiger partial charge on any atom is -0.462 e. The molecular weight excluding hydrogens is 334 g/mol. The number of amides is 2. The molecule has 1 saturated heterocycles. The van der Waals surface area contributed by atoms with E-state index in [4.69, 9.17) is 4.74 Å². The largest absolute Gasteiger partial charge is 0.462 e. The van der Waals surface area contributed by atoms with Crippen LogP contribution in [0.5, 0.6) is 0 Å². The van der Waals surface area contributed by atoms with Crippen LogP contribution in [0.25, 0.3) is 0 Å². The van der Waals surface area contributed by atoms with Crippen LogP contribution in [0.1, 0.15) is 46.5 Å². The van der Waals surface area contributed by atoms with Crippen LogP contribution >= 0.6 is 0 Å². The molecule has 7 heteroatoms. The molecule has 1 aliphatic heterocycles. The maximum absolute atomic E-state index is 12.4. The highest BCUT2D eigenvalue weighted by atomic mass is 16.5. The van der Waals surface area contributed by atoms with Gasteiger partial charge in [0.05, 0.1) is 13.0 Å². The summed E-state index contributed by atoms with van der Waals surface area (Å²) < 4.78 is 5.31. The van der Waals surface area contributed by atoms with Crippen molar-refractivity contribution in [3.8, 4) is 0 Å². The topological polar surface area (TPSA) is 79.0 Å². The molecule has 1 heterocycles. The van der Waals surface area contributed by atoms with Crippen molar-refractivity contribution >= 4 is 17.8 Å². The average Bonchev–Trinajstić information content (AvgIpc) is 2.61. The van der Waals surface area contributed by atoms with Gasteiger partial charge in [-0.15, -0.1) is 0 Å². The van der Waals surface area contributed by atoms with Crippen LogP contribution in [0.3, 0.4) is 0 Å². The van der Waals surface area contributed by atoms with Crippen LogP contribution in [-0.2, 0) is 19.1 Å². The van der Waals surface area contributed by atoms with Gasteiger partial charge in [0.15, 0.2) is 0 Å². The molecule has 0 aromatic rings. The molecular formula is C19H33N3O4. The molecule has 0 radical (unpaired) electrons. The Balaban J connectivity index is 2.37. The van der Waals surface area contributed by atoms with Crippen molar-refractivity contribution in [2.75, 3.05) is 33.2 Å². The van der Waals surface area contributed by atoms with Gasteiger partial charge in [0.2, 0.25) is 11.8 Å². The van der Waals surface area contributed by atoms with E-state index in [1.54, 1.807) is 17.1 Å². The SMILES string of the molecule is CCC(CC)OC(=O)C/C=C/CNC(=O)[C@H](CC)N1CCN(C)CC1=O. The number of esters is 1. The fraction of sp³-hybridized carbons (Fsp3) is 0.737. The molecule has 2 amide bonds. The molecule has 0 aromatic carbocycles. The fourth-order valence-electron chi connectivity index (χ4n) is 2.91. The molecule has 148 valence electrons. The molecule has 0 unspecified atom stereocenters. The first-order valence-electron chi connectivity index (χ1n) is 9.53. The number of hydrogen-bond donors (Lipinski definition) is 1. The van der Waals surface area contributed by atoms with E-state index in [2.05, 4.69) is 5.32 Å². The van der Waals surface area contributed by atoms with Gasteiger partial charge in [0, 0.05) is 19.6 Å². The zero-order chi connectivity index (χ0) is 19.5. The minimum absolute atomic E-state index is 0.0135. The molecule has 1 fully saturated rings. The van der Waals surface area contributed by atoms with Crippen LogP contribution in [0, 0.1) is 0 Å². The Bertz CT molecular complexity index is 503. The highest BCUT2D eigenvalue weighted by molar-refractivity contribution is 5.88. The molecule has 0 bridgehead atoms. The maximum Gasteiger partial charge on any atom is 0.309 e. The van der Waals surface area contributed by atoms with Gasteiger partial charge in [0.1, 0.15) is 12.1 Å². The number of likely N-dealkylation sites (N-methyl/N-ethyl adjacent to an activating group) is 1. The van der Waals surface area contributed by atoms with E-state index in [0.717, 1.165) is 19.4 Å². The predicted molar refractivity (Wildman–Crippen MR) is 101 cm³/mol. The molecule has 0 spiro atoms. The first-order chi connectivity index (χ1) is 12.4. The molecule has 1 rings (SSSR count). The first kappa shape index (κ1) is 22.2. The number of ether oxygens (including phenoxy) is 1. The Morgan fingerprint density at radius 1 is 1.15 bits per heavy atom. The standard InChI is InChI=1S/C19H33N3O4/c1-5-15(6-2)26-18(24)10-8-9-11-20-19(25)16(7-3)22-13-12-21(4)14-17(22)23/h8-9,15-16H,5-7,10-14H2,1-4H3,(H,20,25)/b9-8+/t16-/m0/s1. The van der Waals surface area contributed by atoms with Gasteiger partial charge in [-0.1, -0.05) is 32.9 Å². The van der Waals surface area contributed by atoms with E-state index >= 15 is 0 Å². The van der Waals surface area contributed by atoms with Crippen molar-refractivity contribution in [3.63, 3.8) is 0 Å². The van der Waals surface area contributed by atoms with Gasteiger partial charge < -0.3 is 15.0 Å². The van der Waals surface area contributed by atoms with E-state index in [1.165, 1.54) is 0 Å². The van der Waals surface area contributed by atoms with Crippen molar-refractivity contribution in [1.82, 2.24) is 15.1 Å². The molecule has 0 aliphatic carbocycles. The Hall–Kier alpha value is -1.89. The number of nitrogens with zero attached hydrogens (tertiary/aromatic N) is 2. The molecule has 7 nitrogen and oxygen atoms in total. The fourth-order valence-corrected chi connectivity index (χ4v) is 2.91. The Kier molecular flexibility index (Phi) is 9.95. The van der Waals surface area contributed by atoms with Crippen molar-refractivity contribution in [3.05, 3.63) is 12.2 Å². The average molecular weight is 367 g/mol. The summed E-state index contributed by atoms with van der Waals surface area (Å²) in [6.45, 7) is 7.90. The van der Waals surface area contributed by atoms with Crippen molar-refractivity contribution in [1.29, 1.82) is 0 Å². The summed E-state index contributed by atoms with van der Waals surface area (Å²) >= 11 is 0. The Morgan fingerprint density at radius 2 is 1.85 bits per heavy atom. The quantitative estimate of drug-likeness (QED) is 0.466. The van der Waals surface area contributed by atoms with Gasteiger partial charge >= 0.3 is 5.97 Å². The summed E-state index contributed by atoms with van der Waals surface area (Å²) in [5.41, 5.74) is 0. The van der Waals surface area contributed by atoms with Gasteiger partial charge in [0.25, 0.3) is 0 Å². The number of nitrogens with one attached hydrogen (secondary N) is 1. The monoisotopic (exact) mass is 367 g/mol. The predicted octanol–water partition coefficient (Wildman–Crippen LogP) is 1.33. The van der Waals surface area contributed by atoms with Crippen molar-refractivity contribution in [2.24, 2.45) is 0 Å². The number of carbonyl (C=O) groups is 3. The van der Waals surface area contributed by atoms with Crippen molar-refractivity contribution in [2.45, 2.75) is 58.6 Å². The van der Waals surface area contributed by atoms with Gasteiger partial charge in [-0.3, -0.25) is 19.3 Å². The first-order valence-corrected chi connectivity index (χ1v) is 9.53. The molecule has 0 aromatic heterocycles. The molecule has 1 atom stereocenters. The smallest absolute Gasteiger partial charge is 0.309 e. The summed E-state index contributed by atoms with van der Waals surface area (Å²) in [6, 6.07) is -0.440. The summed E-state index contributed by atoms with van der Waals surface area (Å²) in [5.74, 6) is -0.425. The van der Waals surface area contributed by atoms with E-state index in [9.17, 15) is 14.4 Å². The number of rotatable bonds is 10. The van der Waals surface area contributed by atoms with E-state index in [0.29, 0.717) is 26.1 Å². The maximum atomic E-state index is 12.4. The lowest BCUT2D eigenvalue weighted by Gasteiger charge is -2.36. The van der Waals surface area contributed by atoms with Crippen LogP contribution in [0.15, 0.2) is 12.2 Å².